The highest BCUT2D eigenvalue weighted by Crippen LogP contribution is 2.31. The SMILES string of the molecule is Nc1c(NC(=O)CCC2CCCC2)ccc(NCc2ccc(C(F)(F)F)cc2)c1F. The Balaban J connectivity index is 1.56. The van der Waals surface area contributed by atoms with Crippen molar-refractivity contribution in [1.82, 2.24) is 0 Å². The quantitative estimate of drug-likeness (QED) is 0.381. The lowest BCUT2D eigenvalue weighted by molar-refractivity contribution is -0.137. The molecule has 1 aliphatic carbocycles. The molecule has 0 atom stereocenters. The lowest BCUT2D eigenvalue weighted by Crippen LogP contribution is -2.15. The molecule has 0 bridgehead atoms. The average molecular weight is 423 g/mol. The van der Waals surface area contributed by atoms with E-state index < -0.39 is 17.6 Å². The van der Waals surface area contributed by atoms with Crippen LogP contribution in [0.1, 0.15) is 49.7 Å². The predicted octanol–water partition coefficient (Wildman–Crippen LogP) is 5.95. The number of nitrogens with one attached hydrogen (secondary N) is 2. The molecule has 30 heavy (non-hydrogen) atoms. The number of anilines is 3. The number of nitrogen functional groups attached to an aromatic ring is 1. The highest BCUT2D eigenvalue weighted by atomic mass is 19.4. The standard InChI is InChI=1S/C22H25F4N3O/c23-20-17(28-13-15-5-8-16(9-6-15)22(24,25)26)10-11-18(21(20)27)29-19(30)12-7-14-3-1-2-4-14/h5-6,8-11,14,28H,1-4,7,12-13,27H2,(H,29,30). The van der Waals surface area contributed by atoms with E-state index >= 15 is 0 Å². The van der Waals surface area contributed by atoms with Gasteiger partial charge in [-0.3, -0.25) is 4.79 Å². The third-order valence-corrected chi connectivity index (χ3v) is 5.47. The van der Waals surface area contributed by atoms with E-state index in [0.29, 0.717) is 17.9 Å². The summed E-state index contributed by atoms with van der Waals surface area (Å²) in [6, 6.07) is 7.58. The fourth-order valence-corrected chi connectivity index (χ4v) is 3.69. The summed E-state index contributed by atoms with van der Waals surface area (Å²) < 4.78 is 52.4. The number of carbonyl (C=O) groups excluding carboxylic acids is 1. The van der Waals surface area contributed by atoms with E-state index in [1.54, 1.807) is 0 Å². The van der Waals surface area contributed by atoms with E-state index in [4.69, 9.17) is 5.73 Å². The summed E-state index contributed by atoms with van der Waals surface area (Å²) in [5, 5.41) is 5.48. The van der Waals surface area contributed by atoms with Crippen molar-refractivity contribution in [3.8, 4) is 0 Å². The van der Waals surface area contributed by atoms with Crippen LogP contribution in [-0.4, -0.2) is 5.91 Å². The molecule has 0 heterocycles. The van der Waals surface area contributed by atoms with Crippen molar-refractivity contribution in [2.24, 2.45) is 5.92 Å². The number of hydrogen-bond acceptors (Lipinski definition) is 3. The number of alkyl halides is 3. The number of benzene rings is 2. The third-order valence-electron chi connectivity index (χ3n) is 5.47. The first-order chi connectivity index (χ1) is 14.2. The summed E-state index contributed by atoms with van der Waals surface area (Å²) in [5.74, 6) is -0.324. The van der Waals surface area contributed by atoms with E-state index in [-0.39, 0.29) is 29.5 Å². The second-order valence-electron chi connectivity index (χ2n) is 7.67. The van der Waals surface area contributed by atoms with Gasteiger partial charge in [0.1, 0.15) is 0 Å². The van der Waals surface area contributed by atoms with E-state index in [0.717, 1.165) is 31.4 Å². The van der Waals surface area contributed by atoms with Crippen LogP contribution < -0.4 is 16.4 Å². The Hall–Kier alpha value is -2.77. The molecule has 1 saturated carbocycles. The average Bonchev–Trinajstić information content (AvgIpc) is 3.23. The molecule has 4 nitrogen and oxygen atoms in total. The zero-order valence-corrected chi connectivity index (χ0v) is 16.5. The molecular weight excluding hydrogens is 398 g/mol. The van der Waals surface area contributed by atoms with Gasteiger partial charge in [0.15, 0.2) is 5.82 Å². The Kier molecular flexibility index (Phi) is 6.84. The smallest absolute Gasteiger partial charge is 0.395 e. The van der Waals surface area contributed by atoms with Gasteiger partial charge < -0.3 is 16.4 Å². The van der Waals surface area contributed by atoms with Crippen molar-refractivity contribution in [1.29, 1.82) is 0 Å². The lowest BCUT2D eigenvalue weighted by atomic mass is 10.0. The normalized spacial score (nSPS) is 14.7. The Labute approximate surface area is 172 Å². The van der Waals surface area contributed by atoms with Crippen LogP contribution in [0.2, 0.25) is 0 Å². The molecular formula is C22H25F4N3O. The topological polar surface area (TPSA) is 67.1 Å². The Morgan fingerprint density at radius 1 is 1.03 bits per heavy atom. The molecule has 0 unspecified atom stereocenters. The molecule has 0 aliphatic heterocycles. The van der Waals surface area contributed by atoms with Crippen LogP contribution in [0.3, 0.4) is 0 Å². The van der Waals surface area contributed by atoms with Gasteiger partial charge >= 0.3 is 6.18 Å². The number of hydrogen-bond donors (Lipinski definition) is 3. The van der Waals surface area contributed by atoms with E-state index in [2.05, 4.69) is 10.6 Å². The van der Waals surface area contributed by atoms with E-state index in [9.17, 15) is 22.4 Å². The summed E-state index contributed by atoms with van der Waals surface area (Å²) in [6.45, 7) is 0.127. The van der Waals surface area contributed by atoms with Crippen molar-refractivity contribution >= 4 is 23.0 Å². The highest BCUT2D eigenvalue weighted by molar-refractivity contribution is 5.94. The third kappa shape index (κ3) is 5.64. The van der Waals surface area contributed by atoms with Crippen LogP contribution in [-0.2, 0) is 17.5 Å². The Bertz CT molecular complexity index is 875. The summed E-state index contributed by atoms with van der Waals surface area (Å²) >= 11 is 0. The van der Waals surface area contributed by atoms with Crippen molar-refractivity contribution in [3.63, 3.8) is 0 Å². The summed E-state index contributed by atoms with van der Waals surface area (Å²) in [5.41, 5.74) is 5.79. The Morgan fingerprint density at radius 2 is 1.67 bits per heavy atom. The second-order valence-corrected chi connectivity index (χ2v) is 7.67. The fraction of sp³-hybridized carbons (Fsp3) is 0.409. The van der Waals surface area contributed by atoms with E-state index in [1.165, 1.54) is 37.1 Å². The molecule has 0 radical (unpaired) electrons. The largest absolute Gasteiger partial charge is 0.416 e. The molecule has 8 heteroatoms. The lowest BCUT2D eigenvalue weighted by Gasteiger charge is -2.14. The summed E-state index contributed by atoms with van der Waals surface area (Å²) in [6.07, 6.45) is 1.54. The highest BCUT2D eigenvalue weighted by Gasteiger charge is 2.29. The number of amides is 1. The monoisotopic (exact) mass is 423 g/mol. The fourth-order valence-electron chi connectivity index (χ4n) is 3.69. The van der Waals surface area contributed by atoms with Gasteiger partial charge in [-0.25, -0.2) is 4.39 Å². The minimum Gasteiger partial charge on any atom is -0.395 e. The molecule has 2 aromatic rings. The molecule has 4 N–H and O–H groups in total. The van der Waals surface area contributed by atoms with Crippen molar-refractivity contribution in [3.05, 3.63) is 53.3 Å². The zero-order chi connectivity index (χ0) is 21.7. The maximum absolute atomic E-state index is 14.6. The van der Waals surface area contributed by atoms with Crippen LogP contribution in [0.5, 0.6) is 0 Å². The van der Waals surface area contributed by atoms with Crippen molar-refractivity contribution < 1.29 is 22.4 Å². The summed E-state index contributed by atoms with van der Waals surface area (Å²) in [7, 11) is 0. The maximum atomic E-state index is 14.6. The molecule has 0 saturated heterocycles. The van der Waals surface area contributed by atoms with Crippen LogP contribution in [0.4, 0.5) is 34.6 Å². The van der Waals surface area contributed by atoms with Gasteiger partial charge in [-0.05, 0) is 42.2 Å². The van der Waals surface area contributed by atoms with Crippen LogP contribution in [0.15, 0.2) is 36.4 Å². The van der Waals surface area contributed by atoms with Gasteiger partial charge in [0, 0.05) is 13.0 Å². The van der Waals surface area contributed by atoms with Gasteiger partial charge in [0.05, 0.1) is 22.6 Å². The van der Waals surface area contributed by atoms with Gasteiger partial charge in [0.2, 0.25) is 5.91 Å². The van der Waals surface area contributed by atoms with Crippen LogP contribution >= 0.6 is 0 Å². The number of carbonyl (C=O) groups is 1. The molecule has 0 aromatic heterocycles. The van der Waals surface area contributed by atoms with Gasteiger partial charge in [-0.2, -0.15) is 13.2 Å². The van der Waals surface area contributed by atoms with Crippen molar-refractivity contribution in [2.75, 3.05) is 16.4 Å². The minimum absolute atomic E-state index is 0.108. The van der Waals surface area contributed by atoms with Gasteiger partial charge in [-0.15, -0.1) is 0 Å². The maximum Gasteiger partial charge on any atom is 0.416 e. The number of rotatable bonds is 7. The Morgan fingerprint density at radius 3 is 2.30 bits per heavy atom. The van der Waals surface area contributed by atoms with E-state index in [1.807, 2.05) is 0 Å². The zero-order valence-electron chi connectivity index (χ0n) is 16.5. The summed E-state index contributed by atoms with van der Waals surface area (Å²) in [4.78, 5) is 12.1. The molecule has 1 aliphatic rings. The number of halogens is 4. The van der Waals surface area contributed by atoms with Gasteiger partial charge in [0.25, 0.3) is 0 Å². The first-order valence-corrected chi connectivity index (χ1v) is 10.0. The van der Waals surface area contributed by atoms with Gasteiger partial charge in [-0.1, -0.05) is 37.8 Å². The molecule has 0 spiro atoms. The number of nitrogens with two attached hydrogens (primary N) is 1. The predicted molar refractivity (Wildman–Crippen MR) is 109 cm³/mol. The minimum atomic E-state index is -4.40. The first kappa shape index (κ1) is 21.9. The van der Waals surface area contributed by atoms with Crippen LogP contribution in [0.25, 0.3) is 0 Å². The molecule has 3 rings (SSSR count). The molecule has 1 amide bonds. The molecule has 1 fully saturated rings. The molecule has 2 aromatic carbocycles. The molecule has 162 valence electrons. The van der Waals surface area contributed by atoms with Crippen LogP contribution in [0, 0.1) is 11.7 Å². The van der Waals surface area contributed by atoms with Crippen molar-refractivity contribution in [2.45, 2.75) is 51.2 Å². The first-order valence-electron chi connectivity index (χ1n) is 10.0. The second kappa shape index (κ2) is 9.36.